The van der Waals surface area contributed by atoms with E-state index in [9.17, 15) is 24.3 Å². The van der Waals surface area contributed by atoms with Gasteiger partial charge in [0.1, 0.15) is 35.5 Å². The highest BCUT2D eigenvalue weighted by Crippen LogP contribution is 2.47. The van der Waals surface area contributed by atoms with Crippen LogP contribution >= 0.6 is 11.3 Å². The second-order valence-corrected chi connectivity index (χ2v) is 15.4. The van der Waals surface area contributed by atoms with Crippen LogP contribution in [-0.2, 0) is 28.6 Å². The first kappa shape index (κ1) is 34.7. The molecule has 1 aliphatic carbocycles. The molecule has 0 radical (unpaired) electrons. The van der Waals surface area contributed by atoms with Crippen LogP contribution in [-0.4, -0.2) is 106 Å². The van der Waals surface area contributed by atoms with E-state index in [2.05, 4.69) is 10.6 Å². The Labute approximate surface area is 304 Å². The Balaban J connectivity index is 1.07. The maximum Gasteiger partial charge on any atom is 0.408 e. The van der Waals surface area contributed by atoms with Crippen LogP contribution in [0, 0.1) is 5.92 Å². The Morgan fingerprint density at radius 1 is 1.00 bits per heavy atom. The van der Waals surface area contributed by atoms with E-state index in [0.29, 0.717) is 49.0 Å². The molecule has 5 fully saturated rings. The summed E-state index contributed by atoms with van der Waals surface area (Å²) in [4.78, 5) is 66.4. The van der Waals surface area contributed by atoms with Crippen LogP contribution in [0.3, 0.4) is 0 Å². The molecule has 6 heterocycles. The molecule has 14 nitrogen and oxygen atoms in total. The quantitative estimate of drug-likeness (QED) is 0.333. The third-order valence-corrected chi connectivity index (χ3v) is 11.9. The second kappa shape index (κ2) is 14.6. The standard InChI is InChI=1S/C37H43N5O9S/c43-32-26-17-22(50-33-30(29-13-8-16-52-29)38-23-10-6-7-11-24(23)39-33)19-42(26)34(44)25(40-36(47)51-28-20-49-27-14-15-48-31(27)28)12-5-3-1-2-4-9-21-18-37(21,41-32)35(45)46/h6-8,10-11,13,16,21-22,25-28,31H,1-5,9,12,14-15,17-20H2,(H,40,47)(H,41,43)(H,45,46)/t21?,22-,25+,26+,27?,28?,31?,37?/m1/s1. The number of para-hydroxylation sites is 2. The summed E-state index contributed by atoms with van der Waals surface area (Å²) in [6.07, 6.45) is 3.90. The average molecular weight is 734 g/mol. The normalized spacial score (nSPS) is 32.2. The lowest BCUT2D eigenvalue weighted by atomic mass is 10.0. The molecule has 15 heteroatoms. The smallest absolute Gasteiger partial charge is 0.408 e. The number of carboxylic acid groups (broad SMARTS) is 1. The zero-order valence-corrected chi connectivity index (χ0v) is 29.6. The molecule has 52 heavy (non-hydrogen) atoms. The minimum absolute atomic E-state index is 0.0140. The highest BCUT2D eigenvalue weighted by atomic mass is 32.1. The van der Waals surface area contributed by atoms with Gasteiger partial charge in [0, 0.05) is 13.0 Å². The number of alkyl carbamates (subject to hydrolysis) is 1. The van der Waals surface area contributed by atoms with E-state index in [1.807, 2.05) is 41.8 Å². The van der Waals surface area contributed by atoms with E-state index in [1.54, 1.807) is 0 Å². The van der Waals surface area contributed by atoms with E-state index in [1.165, 1.54) is 16.2 Å². The predicted molar refractivity (Wildman–Crippen MR) is 188 cm³/mol. The third-order valence-electron chi connectivity index (χ3n) is 11.1. The van der Waals surface area contributed by atoms with Gasteiger partial charge in [0.25, 0.3) is 0 Å². The van der Waals surface area contributed by atoms with Gasteiger partial charge in [0.15, 0.2) is 6.10 Å². The van der Waals surface area contributed by atoms with Gasteiger partial charge in [0.05, 0.1) is 35.2 Å². The number of ether oxygens (including phenoxy) is 4. The summed E-state index contributed by atoms with van der Waals surface area (Å²) in [6.45, 7) is 0.759. The summed E-state index contributed by atoms with van der Waals surface area (Å²) < 4.78 is 23.7. The van der Waals surface area contributed by atoms with Gasteiger partial charge in [-0.1, -0.05) is 50.3 Å². The van der Waals surface area contributed by atoms with Crippen LogP contribution < -0.4 is 15.4 Å². The lowest BCUT2D eigenvalue weighted by molar-refractivity contribution is -0.146. The molecule has 3 amide bonds. The second-order valence-electron chi connectivity index (χ2n) is 14.5. The molecular formula is C37H43N5O9S. The lowest BCUT2D eigenvalue weighted by Gasteiger charge is -2.29. The Hall–Kier alpha value is -4.34. The van der Waals surface area contributed by atoms with Crippen LogP contribution in [0.1, 0.15) is 64.2 Å². The van der Waals surface area contributed by atoms with Gasteiger partial charge in [-0.05, 0) is 55.2 Å². The van der Waals surface area contributed by atoms with Crippen molar-refractivity contribution in [3.63, 3.8) is 0 Å². The van der Waals surface area contributed by atoms with E-state index in [-0.39, 0.29) is 43.6 Å². The lowest BCUT2D eigenvalue weighted by Crippen LogP contribution is -2.56. The van der Waals surface area contributed by atoms with Crippen molar-refractivity contribution in [2.75, 3.05) is 19.8 Å². The first-order valence-electron chi connectivity index (χ1n) is 18.3. The molecule has 5 unspecified atom stereocenters. The minimum atomic E-state index is -1.37. The number of hydrogen-bond acceptors (Lipinski definition) is 11. The molecular weight excluding hydrogens is 691 g/mol. The topological polar surface area (TPSA) is 179 Å². The van der Waals surface area contributed by atoms with Gasteiger partial charge in [-0.2, -0.15) is 0 Å². The number of hydrogen-bond donors (Lipinski definition) is 3. The number of thiophene rings is 1. The maximum absolute atomic E-state index is 14.5. The van der Waals surface area contributed by atoms with Crippen LogP contribution in [0.5, 0.6) is 5.88 Å². The summed E-state index contributed by atoms with van der Waals surface area (Å²) in [7, 11) is 0. The van der Waals surface area contributed by atoms with Gasteiger partial charge in [-0.15, -0.1) is 11.3 Å². The monoisotopic (exact) mass is 733 g/mol. The zero-order chi connectivity index (χ0) is 35.8. The van der Waals surface area contributed by atoms with Crippen LogP contribution in [0.2, 0.25) is 0 Å². The largest absolute Gasteiger partial charge is 0.479 e. The number of carbonyl (C=O) groups is 4. The fourth-order valence-corrected chi connectivity index (χ4v) is 8.90. The van der Waals surface area contributed by atoms with E-state index >= 15 is 0 Å². The SMILES string of the molecule is O=C(N[C@H]1CCCCCCCC2CC2(C(=O)O)NC(=O)[C@@H]2C[C@@H](Oc3nc4ccccc4nc3-c3cccs3)CN2C1=O)OC1COC2CCOC21. The number of carboxylic acids is 1. The number of aromatic nitrogens is 2. The fourth-order valence-electron chi connectivity index (χ4n) is 8.19. The Morgan fingerprint density at radius 2 is 1.79 bits per heavy atom. The third kappa shape index (κ3) is 6.93. The van der Waals surface area contributed by atoms with Crippen molar-refractivity contribution in [2.45, 2.75) is 106 Å². The number of carbonyl (C=O) groups excluding carboxylic acids is 3. The van der Waals surface area contributed by atoms with Crippen LogP contribution in [0.4, 0.5) is 4.79 Å². The molecule has 2 aromatic heterocycles. The summed E-state index contributed by atoms with van der Waals surface area (Å²) >= 11 is 1.49. The van der Waals surface area contributed by atoms with Crippen LogP contribution in [0.15, 0.2) is 41.8 Å². The summed E-state index contributed by atoms with van der Waals surface area (Å²) in [5.74, 6) is -2.00. The summed E-state index contributed by atoms with van der Waals surface area (Å²) in [5, 5.41) is 17.8. The molecule has 1 aromatic carbocycles. The number of aliphatic carboxylic acids is 1. The Morgan fingerprint density at radius 3 is 2.58 bits per heavy atom. The summed E-state index contributed by atoms with van der Waals surface area (Å²) in [6, 6.07) is 9.27. The molecule has 1 saturated carbocycles. The summed E-state index contributed by atoms with van der Waals surface area (Å²) in [5.41, 5.74) is 0.509. The molecule has 4 saturated heterocycles. The number of benzene rings is 1. The molecule has 5 aliphatic rings. The predicted octanol–water partition coefficient (Wildman–Crippen LogP) is 4.06. The average Bonchev–Trinajstić information content (AvgIpc) is 3.72. The molecule has 0 bridgehead atoms. The van der Waals surface area contributed by atoms with Crippen molar-refractivity contribution in [1.29, 1.82) is 0 Å². The zero-order valence-electron chi connectivity index (χ0n) is 28.7. The molecule has 276 valence electrons. The first-order valence-corrected chi connectivity index (χ1v) is 19.2. The minimum Gasteiger partial charge on any atom is -0.479 e. The number of nitrogens with one attached hydrogen (secondary N) is 2. The van der Waals surface area contributed by atoms with Gasteiger partial charge in [0.2, 0.25) is 17.7 Å². The highest BCUT2D eigenvalue weighted by molar-refractivity contribution is 7.13. The van der Waals surface area contributed by atoms with Gasteiger partial charge < -0.3 is 39.6 Å². The molecule has 3 N–H and O–H groups in total. The van der Waals surface area contributed by atoms with Crippen molar-refractivity contribution >= 4 is 46.2 Å². The van der Waals surface area contributed by atoms with E-state index in [0.717, 1.165) is 37.0 Å². The molecule has 0 spiro atoms. The van der Waals surface area contributed by atoms with Gasteiger partial charge in [-0.25, -0.2) is 19.6 Å². The van der Waals surface area contributed by atoms with Crippen molar-refractivity contribution in [3.05, 3.63) is 41.8 Å². The number of amides is 3. The molecule has 3 aromatic rings. The molecule has 8 atom stereocenters. The van der Waals surface area contributed by atoms with Crippen molar-refractivity contribution < 1.29 is 43.2 Å². The van der Waals surface area contributed by atoms with Crippen LogP contribution in [0.25, 0.3) is 21.6 Å². The van der Waals surface area contributed by atoms with E-state index in [4.69, 9.17) is 28.9 Å². The van der Waals surface area contributed by atoms with Gasteiger partial charge >= 0.3 is 12.1 Å². The number of rotatable bonds is 6. The first-order chi connectivity index (χ1) is 25.3. The van der Waals surface area contributed by atoms with Crippen molar-refractivity contribution in [3.8, 4) is 16.5 Å². The molecule has 4 aliphatic heterocycles. The highest BCUT2D eigenvalue weighted by Gasteiger charge is 2.62. The Bertz CT molecular complexity index is 1830. The van der Waals surface area contributed by atoms with Crippen molar-refractivity contribution in [2.24, 2.45) is 5.92 Å². The Kier molecular flexibility index (Phi) is 9.74. The van der Waals surface area contributed by atoms with Crippen molar-refractivity contribution in [1.82, 2.24) is 25.5 Å². The van der Waals surface area contributed by atoms with Gasteiger partial charge in [-0.3, -0.25) is 9.59 Å². The number of fused-ring (bicyclic) bond motifs is 4. The maximum atomic E-state index is 14.5. The molecule has 8 rings (SSSR count). The number of nitrogens with zero attached hydrogens (tertiary/aromatic N) is 3. The fraction of sp³-hybridized carbons (Fsp3) is 0.568. The van der Waals surface area contributed by atoms with E-state index < -0.39 is 53.7 Å².